The number of aromatic nitrogens is 2. The fourth-order valence-corrected chi connectivity index (χ4v) is 2.90. The van der Waals surface area contributed by atoms with Crippen LogP contribution in [-0.2, 0) is 24.6 Å². The fraction of sp³-hybridized carbons (Fsp3) is 0.824. The molecule has 2 unspecified atom stereocenters. The normalized spacial score (nSPS) is 15.2. The number of rotatable bonds is 8. The van der Waals surface area contributed by atoms with Gasteiger partial charge < -0.3 is 10.1 Å². The van der Waals surface area contributed by atoms with Gasteiger partial charge in [0.1, 0.15) is 0 Å². The van der Waals surface area contributed by atoms with Crippen LogP contribution in [0, 0.1) is 5.41 Å². The maximum Gasteiger partial charge on any atom is 0.0776 e. The molecular weight excluding hydrogens is 262 g/mol. The Kier molecular flexibility index (Phi) is 6.88. The molecule has 0 amide bonds. The Morgan fingerprint density at radius 2 is 2.00 bits per heavy atom. The second-order valence-electron chi connectivity index (χ2n) is 6.89. The highest BCUT2D eigenvalue weighted by atomic mass is 16.5. The number of ether oxygens (including phenoxy) is 1. The Hall–Kier alpha value is -0.870. The van der Waals surface area contributed by atoms with Crippen LogP contribution in [0.3, 0.4) is 0 Å². The van der Waals surface area contributed by atoms with Gasteiger partial charge in [0.05, 0.1) is 11.8 Å². The summed E-state index contributed by atoms with van der Waals surface area (Å²) in [7, 11) is 3.85. The van der Waals surface area contributed by atoms with Crippen LogP contribution in [0.1, 0.15) is 52.4 Å². The summed E-state index contributed by atoms with van der Waals surface area (Å²) in [5, 5.41) is 8.22. The van der Waals surface area contributed by atoms with Gasteiger partial charge in [-0.1, -0.05) is 34.6 Å². The van der Waals surface area contributed by atoms with Crippen molar-refractivity contribution in [2.24, 2.45) is 12.5 Å². The molecule has 4 nitrogen and oxygen atoms in total. The molecular formula is C17H33N3O. The zero-order valence-corrected chi connectivity index (χ0v) is 14.9. The molecule has 2 atom stereocenters. The van der Waals surface area contributed by atoms with E-state index in [2.05, 4.69) is 51.1 Å². The van der Waals surface area contributed by atoms with E-state index in [4.69, 9.17) is 4.74 Å². The number of nitrogens with one attached hydrogen (secondary N) is 1. The Morgan fingerprint density at radius 1 is 1.33 bits per heavy atom. The van der Waals surface area contributed by atoms with Crippen molar-refractivity contribution < 1.29 is 4.74 Å². The van der Waals surface area contributed by atoms with Crippen LogP contribution in [0.15, 0.2) is 6.07 Å². The SMILES string of the molecule is CCCNC(Cc1cc(CC)nn1C)C(OC)C(C)(C)C. The lowest BCUT2D eigenvalue weighted by molar-refractivity contribution is -0.0113. The van der Waals surface area contributed by atoms with E-state index in [9.17, 15) is 0 Å². The van der Waals surface area contributed by atoms with Gasteiger partial charge in [-0.15, -0.1) is 0 Å². The Bertz CT molecular complexity index is 420. The summed E-state index contributed by atoms with van der Waals surface area (Å²) < 4.78 is 7.84. The lowest BCUT2D eigenvalue weighted by Crippen LogP contribution is -2.49. The zero-order valence-electron chi connectivity index (χ0n) is 14.9. The van der Waals surface area contributed by atoms with Gasteiger partial charge in [-0.2, -0.15) is 5.10 Å². The maximum atomic E-state index is 5.83. The fourth-order valence-electron chi connectivity index (χ4n) is 2.90. The highest BCUT2D eigenvalue weighted by Crippen LogP contribution is 2.26. The number of nitrogens with zero attached hydrogens (tertiary/aromatic N) is 2. The number of hydrogen-bond donors (Lipinski definition) is 1. The standard InChI is InChI=1S/C17H33N3O/c1-8-10-18-15(16(21-7)17(3,4)5)12-14-11-13(9-2)19-20(14)6/h11,15-16,18H,8-10,12H2,1-7H3. The number of methoxy groups -OCH3 is 1. The van der Waals surface area contributed by atoms with Gasteiger partial charge in [-0.3, -0.25) is 4.68 Å². The van der Waals surface area contributed by atoms with E-state index >= 15 is 0 Å². The average Bonchev–Trinajstić information content (AvgIpc) is 2.75. The smallest absolute Gasteiger partial charge is 0.0776 e. The molecule has 1 aromatic heterocycles. The molecule has 0 saturated carbocycles. The molecule has 122 valence electrons. The third-order valence-electron chi connectivity index (χ3n) is 3.95. The van der Waals surface area contributed by atoms with Crippen molar-refractivity contribution in [1.29, 1.82) is 0 Å². The third kappa shape index (κ3) is 5.11. The van der Waals surface area contributed by atoms with Gasteiger partial charge in [0, 0.05) is 32.3 Å². The monoisotopic (exact) mass is 295 g/mol. The van der Waals surface area contributed by atoms with Gasteiger partial charge in [0.15, 0.2) is 0 Å². The van der Waals surface area contributed by atoms with Crippen LogP contribution in [0.5, 0.6) is 0 Å². The molecule has 1 rings (SSSR count). The molecule has 0 aliphatic heterocycles. The van der Waals surface area contributed by atoms with E-state index < -0.39 is 0 Å². The molecule has 0 aliphatic rings. The second-order valence-corrected chi connectivity index (χ2v) is 6.89. The minimum absolute atomic E-state index is 0.104. The van der Waals surface area contributed by atoms with Crippen LogP contribution >= 0.6 is 0 Å². The van der Waals surface area contributed by atoms with Crippen LogP contribution in [0.25, 0.3) is 0 Å². The minimum atomic E-state index is 0.104. The van der Waals surface area contributed by atoms with Crippen molar-refractivity contribution >= 4 is 0 Å². The summed E-state index contributed by atoms with van der Waals surface area (Å²) in [5.74, 6) is 0. The number of hydrogen-bond acceptors (Lipinski definition) is 3. The van der Waals surface area contributed by atoms with Crippen LogP contribution < -0.4 is 5.32 Å². The molecule has 0 saturated heterocycles. The van der Waals surface area contributed by atoms with E-state index in [1.165, 1.54) is 5.69 Å². The van der Waals surface area contributed by atoms with Crippen molar-refractivity contribution in [3.05, 3.63) is 17.5 Å². The van der Waals surface area contributed by atoms with Crippen LogP contribution in [-0.4, -0.2) is 35.6 Å². The van der Waals surface area contributed by atoms with Gasteiger partial charge in [0.25, 0.3) is 0 Å². The zero-order chi connectivity index (χ0) is 16.0. The summed E-state index contributed by atoms with van der Waals surface area (Å²) in [6, 6.07) is 2.52. The van der Waals surface area contributed by atoms with Gasteiger partial charge >= 0.3 is 0 Å². The first-order valence-electron chi connectivity index (χ1n) is 8.11. The Morgan fingerprint density at radius 3 is 2.43 bits per heavy atom. The Labute approximate surface area is 130 Å². The highest BCUT2D eigenvalue weighted by Gasteiger charge is 2.32. The molecule has 0 aliphatic carbocycles. The minimum Gasteiger partial charge on any atom is -0.379 e. The van der Waals surface area contributed by atoms with Crippen molar-refractivity contribution in [3.63, 3.8) is 0 Å². The van der Waals surface area contributed by atoms with Gasteiger partial charge in [-0.05, 0) is 30.9 Å². The number of aryl methyl sites for hydroxylation is 2. The Balaban J connectivity index is 2.93. The summed E-state index contributed by atoms with van der Waals surface area (Å²) in [6.07, 6.45) is 3.22. The van der Waals surface area contributed by atoms with E-state index in [1.807, 2.05) is 18.8 Å². The summed E-state index contributed by atoms with van der Waals surface area (Å²) in [6.45, 7) is 12.1. The third-order valence-corrected chi connectivity index (χ3v) is 3.95. The maximum absolute atomic E-state index is 5.83. The predicted molar refractivity (Wildman–Crippen MR) is 88.6 cm³/mol. The first kappa shape index (κ1) is 18.2. The highest BCUT2D eigenvalue weighted by molar-refractivity contribution is 5.12. The van der Waals surface area contributed by atoms with Crippen molar-refractivity contribution in [1.82, 2.24) is 15.1 Å². The van der Waals surface area contributed by atoms with Crippen molar-refractivity contribution in [3.8, 4) is 0 Å². The molecule has 0 bridgehead atoms. The average molecular weight is 295 g/mol. The molecule has 0 spiro atoms. The lowest BCUT2D eigenvalue weighted by Gasteiger charge is -2.36. The molecule has 1 aromatic rings. The molecule has 1 N–H and O–H groups in total. The molecule has 0 fully saturated rings. The second kappa shape index (κ2) is 7.95. The summed E-state index contributed by atoms with van der Waals surface area (Å²) in [5.41, 5.74) is 2.53. The first-order chi connectivity index (χ1) is 9.83. The quantitative estimate of drug-likeness (QED) is 0.801. The molecule has 4 heteroatoms. The largest absolute Gasteiger partial charge is 0.379 e. The molecule has 0 radical (unpaired) electrons. The van der Waals surface area contributed by atoms with E-state index in [0.717, 1.165) is 31.5 Å². The first-order valence-corrected chi connectivity index (χ1v) is 8.11. The van der Waals surface area contributed by atoms with Crippen LogP contribution in [0.2, 0.25) is 0 Å². The van der Waals surface area contributed by atoms with E-state index in [-0.39, 0.29) is 11.5 Å². The van der Waals surface area contributed by atoms with Crippen molar-refractivity contribution in [2.45, 2.75) is 66.0 Å². The topological polar surface area (TPSA) is 39.1 Å². The van der Waals surface area contributed by atoms with Gasteiger partial charge in [-0.25, -0.2) is 0 Å². The van der Waals surface area contributed by atoms with E-state index in [0.29, 0.717) is 6.04 Å². The van der Waals surface area contributed by atoms with Gasteiger partial charge in [0.2, 0.25) is 0 Å². The molecule has 0 aromatic carbocycles. The van der Waals surface area contributed by atoms with E-state index in [1.54, 1.807) is 0 Å². The predicted octanol–water partition coefficient (Wildman–Crippen LogP) is 2.95. The molecule has 21 heavy (non-hydrogen) atoms. The lowest BCUT2D eigenvalue weighted by atomic mass is 9.83. The van der Waals surface area contributed by atoms with Crippen molar-refractivity contribution in [2.75, 3.05) is 13.7 Å². The summed E-state index contributed by atoms with van der Waals surface area (Å²) >= 11 is 0. The molecule has 1 heterocycles. The van der Waals surface area contributed by atoms with Crippen LogP contribution in [0.4, 0.5) is 0 Å². The summed E-state index contributed by atoms with van der Waals surface area (Å²) in [4.78, 5) is 0.